The van der Waals surface area contributed by atoms with Gasteiger partial charge in [0.15, 0.2) is 0 Å². The minimum absolute atomic E-state index is 0.0282. The number of thiophene rings is 1. The molecular formula is C22H26N2O3S. The number of carbonyl (C=O) groups is 2. The van der Waals surface area contributed by atoms with Gasteiger partial charge in [-0.3, -0.25) is 9.59 Å². The molecule has 2 aliphatic heterocycles. The van der Waals surface area contributed by atoms with Gasteiger partial charge in [-0.15, -0.1) is 11.3 Å². The van der Waals surface area contributed by atoms with E-state index in [0.29, 0.717) is 26.1 Å². The van der Waals surface area contributed by atoms with Crippen LogP contribution in [0.3, 0.4) is 0 Å². The van der Waals surface area contributed by atoms with Crippen LogP contribution in [0.1, 0.15) is 36.3 Å². The quantitative estimate of drug-likeness (QED) is 0.794. The molecule has 3 unspecified atom stereocenters. The number of benzene rings is 1. The first kappa shape index (κ1) is 19.2. The van der Waals surface area contributed by atoms with Crippen molar-refractivity contribution in [3.63, 3.8) is 0 Å². The molecule has 0 N–H and O–H groups in total. The molecule has 0 radical (unpaired) electrons. The molecule has 3 heterocycles. The van der Waals surface area contributed by atoms with E-state index in [1.165, 1.54) is 0 Å². The normalized spacial score (nSPS) is 25.1. The van der Waals surface area contributed by atoms with E-state index in [9.17, 15) is 9.59 Å². The van der Waals surface area contributed by atoms with Crippen molar-refractivity contribution in [2.75, 3.05) is 19.6 Å². The Morgan fingerprint density at radius 2 is 1.96 bits per heavy atom. The van der Waals surface area contributed by atoms with Crippen LogP contribution in [0.25, 0.3) is 0 Å². The van der Waals surface area contributed by atoms with E-state index in [1.807, 2.05) is 59.7 Å². The molecule has 4 rings (SSSR count). The molecule has 2 amide bonds. The topological polar surface area (TPSA) is 49.9 Å². The lowest BCUT2D eigenvalue weighted by Crippen LogP contribution is -2.53. The van der Waals surface area contributed by atoms with Crippen LogP contribution in [-0.4, -0.2) is 53.4 Å². The summed E-state index contributed by atoms with van der Waals surface area (Å²) in [5.41, 5.74) is 1.09. The summed E-state index contributed by atoms with van der Waals surface area (Å²) in [6.45, 7) is 3.79. The van der Waals surface area contributed by atoms with Crippen molar-refractivity contribution in [3.05, 3.63) is 58.3 Å². The number of amides is 2. The van der Waals surface area contributed by atoms with Crippen molar-refractivity contribution in [2.24, 2.45) is 0 Å². The van der Waals surface area contributed by atoms with Gasteiger partial charge in [-0.2, -0.15) is 0 Å². The van der Waals surface area contributed by atoms with Gasteiger partial charge in [0.1, 0.15) is 12.1 Å². The van der Waals surface area contributed by atoms with Crippen LogP contribution in [-0.2, 0) is 20.7 Å². The first-order valence-corrected chi connectivity index (χ1v) is 10.8. The summed E-state index contributed by atoms with van der Waals surface area (Å²) in [5.74, 6) is 0.118. The van der Waals surface area contributed by atoms with Crippen molar-refractivity contribution in [1.82, 2.24) is 9.80 Å². The average molecular weight is 399 g/mol. The Balaban J connectivity index is 1.45. The largest absolute Gasteiger partial charge is 0.367 e. The Labute approximate surface area is 169 Å². The molecule has 1 aromatic carbocycles. The molecule has 0 spiro atoms. The summed E-state index contributed by atoms with van der Waals surface area (Å²) < 4.78 is 6.09. The number of hydrogen-bond acceptors (Lipinski definition) is 4. The van der Waals surface area contributed by atoms with Gasteiger partial charge in [0.25, 0.3) is 0 Å². The SMILES string of the molecule is CC1CN(C(=O)C2CCCN2C(=O)Cc2cccs2)CC(c2ccccc2)O1. The second kappa shape index (κ2) is 8.45. The first-order valence-electron chi connectivity index (χ1n) is 9.93. The summed E-state index contributed by atoms with van der Waals surface area (Å²) in [5, 5.41) is 1.98. The Bertz CT molecular complexity index is 808. The van der Waals surface area contributed by atoms with Crippen LogP contribution in [0.2, 0.25) is 0 Å². The highest BCUT2D eigenvalue weighted by Crippen LogP contribution is 2.28. The van der Waals surface area contributed by atoms with E-state index in [2.05, 4.69) is 0 Å². The van der Waals surface area contributed by atoms with E-state index in [-0.39, 0.29) is 30.1 Å². The van der Waals surface area contributed by atoms with Crippen LogP contribution in [0.15, 0.2) is 47.8 Å². The number of ether oxygens (including phenoxy) is 1. The van der Waals surface area contributed by atoms with E-state index in [4.69, 9.17) is 4.74 Å². The van der Waals surface area contributed by atoms with Crippen molar-refractivity contribution >= 4 is 23.2 Å². The summed E-state index contributed by atoms with van der Waals surface area (Å²) in [4.78, 5) is 30.9. The lowest BCUT2D eigenvalue weighted by atomic mass is 10.1. The second-order valence-electron chi connectivity index (χ2n) is 7.59. The van der Waals surface area contributed by atoms with Crippen molar-refractivity contribution in [2.45, 2.75) is 44.4 Å². The lowest BCUT2D eigenvalue weighted by Gasteiger charge is -2.39. The first-order chi connectivity index (χ1) is 13.6. The molecule has 2 fully saturated rings. The fraction of sp³-hybridized carbons (Fsp3) is 0.455. The smallest absolute Gasteiger partial charge is 0.245 e. The fourth-order valence-electron chi connectivity index (χ4n) is 4.18. The summed E-state index contributed by atoms with van der Waals surface area (Å²) in [6, 6.07) is 13.6. The van der Waals surface area contributed by atoms with Crippen molar-refractivity contribution in [1.29, 1.82) is 0 Å². The van der Waals surface area contributed by atoms with Crippen LogP contribution >= 0.6 is 11.3 Å². The predicted molar refractivity (Wildman–Crippen MR) is 109 cm³/mol. The van der Waals surface area contributed by atoms with E-state index in [1.54, 1.807) is 16.2 Å². The maximum absolute atomic E-state index is 13.3. The van der Waals surface area contributed by atoms with Gasteiger partial charge in [0, 0.05) is 18.0 Å². The molecule has 2 aromatic rings. The zero-order valence-corrected chi connectivity index (χ0v) is 16.9. The molecule has 0 bridgehead atoms. The zero-order valence-electron chi connectivity index (χ0n) is 16.1. The molecule has 1 aromatic heterocycles. The number of morpholine rings is 1. The molecule has 3 atom stereocenters. The number of carbonyl (C=O) groups excluding carboxylic acids is 2. The minimum atomic E-state index is -0.339. The van der Waals surface area contributed by atoms with Gasteiger partial charge in [-0.05, 0) is 36.8 Å². The van der Waals surface area contributed by atoms with E-state index < -0.39 is 0 Å². The molecule has 0 saturated carbocycles. The van der Waals surface area contributed by atoms with Gasteiger partial charge in [0.2, 0.25) is 11.8 Å². The molecule has 2 aliphatic rings. The maximum atomic E-state index is 13.3. The summed E-state index contributed by atoms with van der Waals surface area (Å²) >= 11 is 1.59. The van der Waals surface area contributed by atoms with Crippen LogP contribution in [0, 0.1) is 0 Å². The molecule has 2 saturated heterocycles. The van der Waals surface area contributed by atoms with Crippen molar-refractivity contribution < 1.29 is 14.3 Å². The Kier molecular flexibility index (Phi) is 5.78. The third-order valence-electron chi connectivity index (χ3n) is 5.51. The molecule has 28 heavy (non-hydrogen) atoms. The minimum Gasteiger partial charge on any atom is -0.367 e. The highest BCUT2D eigenvalue weighted by atomic mass is 32.1. The number of hydrogen-bond donors (Lipinski definition) is 0. The van der Waals surface area contributed by atoms with Gasteiger partial charge < -0.3 is 14.5 Å². The second-order valence-corrected chi connectivity index (χ2v) is 8.62. The van der Waals surface area contributed by atoms with Crippen molar-refractivity contribution in [3.8, 4) is 0 Å². The number of rotatable bonds is 4. The van der Waals surface area contributed by atoms with Gasteiger partial charge in [-0.1, -0.05) is 36.4 Å². The highest BCUT2D eigenvalue weighted by molar-refractivity contribution is 7.10. The predicted octanol–water partition coefficient (Wildman–Crippen LogP) is 3.27. The molecule has 0 aliphatic carbocycles. The molecule has 5 nitrogen and oxygen atoms in total. The Morgan fingerprint density at radius 1 is 1.14 bits per heavy atom. The highest BCUT2D eigenvalue weighted by Gasteiger charge is 2.39. The van der Waals surface area contributed by atoms with Gasteiger partial charge in [0.05, 0.1) is 19.1 Å². The fourth-order valence-corrected chi connectivity index (χ4v) is 4.88. The van der Waals surface area contributed by atoms with E-state index in [0.717, 1.165) is 23.3 Å². The Hall–Kier alpha value is -2.18. The maximum Gasteiger partial charge on any atom is 0.245 e. The standard InChI is InChI=1S/C22H26N2O3S/c1-16-14-23(15-20(27-16)17-7-3-2-4-8-17)22(26)19-10-5-11-24(19)21(25)13-18-9-6-12-28-18/h2-4,6-9,12,16,19-20H,5,10-11,13-15H2,1H3. The Morgan fingerprint density at radius 3 is 2.71 bits per heavy atom. The zero-order chi connectivity index (χ0) is 19.5. The van der Waals surface area contributed by atoms with Crippen LogP contribution in [0.5, 0.6) is 0 Å². The molecule has 148 valence electrons. The monoisotopic (exact) mass is 398 g/mol. The van der Waals surface area contributed by atoms with Crippen LogP contribution < -0.4 is 0 Å². The molecule has 6 heteroatoms. The number of likely N-dealkylation sites (tertiary alicyclic amines) is 1. The third kappa shape index (κ3) is 4.13. The van der Waals surface area contributed by atoms with Crippen LogP contribution in [0.4, 0.5) is 0 Å². The van der Waals surface area contributed by atoms with E-state index >= 15 is 0 Å². The van der Waals surface area contributed by atoms with Gasteiger partial charge in [-0.25, -0.2) is 0 Å². The average Bonchev–Trinajstić information content (AvgIpc) is 3.39. The van der Waals surface area contributed by atoms with Gasteiger partial charge >= 0.3 is 0 Å². The number of nitrogens with zero attached hydrogens (tertiary/aromatic N) is 2. The molecular weight excluding hydrogens is 372 g/mol. The summed E-state index contributed by atoms with van der Waals surface area (Å²) in [6.07, 6.45) is 1.86. The third-order valence-corrected chi connectivity index (χ3v) is 6.38. The summed E-state index contributed by atoms with van der Waals surface area (Å²) in [7, 11) is 0. The lowest BCUT2D eigenvalue weighted by molar-refractivity contribution is -0.153.